The fourth-order valence-corrected chi connectivity index (χ4v) is 1.18. The summed E-state index contributed by atoms with van der Waals surface area (Å²) in [6.45, 7) is 6.17. The van der Waals surface area contributed by atoms with Gasteiger partial charge in [0.15, 0.2) is 0 Å². The Morgan fingerprint density at radius 1 is 1.29 bits per heavy atom. The molecule has 1 nitrogen and oxygen atoms in total. The van der Waals surface area contributed by atoms with Crippen molar-refractivity contribution in [2.75, 3.05) is 0 Å². The summed E-state index contributed by atoms with van der Waals surface area (Å²) < 4.78 is 5.58. The van der Waals surface area contributed by atoms with Crippen molar-refractivity contribution in [1.29, 1.82) is 0 Å². The second-order valence-corrected chi connectivity index (χ2v) is 3.07. The Morgan fingerprint density at radius 3 is 2.21 bits per heavy atom. The molecule has 79 valence electrons. The minimum atomic E-state index is 0. The van der Waals surface area contributed by atoms with E-state index in [1.54, 1.807) is 0 Å². The van der Waals surface area contributed by atoms with Crippen LogP contribution >= 0.6 is 0 Å². The van der Waals surface area contributed by atoms with Gasteiger partial charge >= 0.3 is 21.7 Å². The van der Waals surface area contributed by atoms with Gasteiger partial charge in [-0.2, -0.15) is 11.6 Å². The number of halogens is 2. The Labute approximate surface area is 114 Å². The van der Waals surface area contributed by atoms with E-state index < -0.39 is 0 Å². The van der Waals surface area contributed by atoms with Crippen LogP contribution in [-0.2, 0) is 26.5 Å². The van der Waals surface area contributed by atoms with E-state index in [9.17, 15) is 0 Å². The number of hydrogen-bond acceptors (Lipinski definition) is 1. The predicted octanol–water partition coefficient (Wildman–Crippen LogP) is -3.51. The van der Waals surface area contributed by atoms with Crippen molar-refractivity contribution in [2.24, 2.45) is 0 Å². The van der Waals surface area contributed by atoms with Crippen molar-refractivity contribution in [3.63, 3.8) is 0 Å². The molecule has 1 aliphatic rings. The Balaban J connectivity index is -0.000000403. The molecule has 0 aromatic carbocycles. The summed E-state index contributed by atoms with van der Waals surface area (Å²) in [5, 5.41) is 0. The minimum absolute atomic E-state index is 0. The number of ether oxygens (including phenoxy) is 1. The van der Waals surface area contributed by atoms with Gasteiger partial charge in [-0.1, -0.05) is 0 Å². The van der Waals surface area contributed by atoms with Gasteiger partial charge in [0.25, 0.3) is 0 Å². The van der Waals surface area contributed by atoms with Gasteiger partial charge in [-0.25, -0.2) is 6.08 Å². The SMILES string of the molecule is CC(C)OC(C)C1=[C-]CC=C1.[Cl-].[Cl-].[Ti+3]. The summed E-state index contributed by atoms with van der Waals surface area (Å²) in [6.07, 6.45) is 8.89. The maximum Gasteiger partial charge on any atom is 3.00 e. The van der Waals surface area contributed by atoms with Gasteiger partial charge in [0.2, 0.25) is 0 Å². The van der Waals surface area contributed by atoms with Gasteiger partial charge < -0.3 is 29.6 Å². The van der Waals surface area contributed by atoms with Gasteiger partial charge in [-0.05, 0) is 20.8 Å². The summed E-state index contributed by atoms with van der Waals surface area (Å²) in [6, 6.07) is 0. The zero-order valence-electron chi connectivity index (χ0n) is 8.68. The second kappa shape index (κ2) is 10.3. The molecule has 0 bridgehead atoms. The molecule has 1 rings (SSSR count). The van der Waals surface area contributed by atoms with E-state index >= 15 is 0 Å². The molecule has 14 heavy (non-hydrogen) atoms. The molecule has 0 heterocycles. The van der Waals surface area contributed by atoms with E-state index in [1.165, 1.54) is 5.57 Å². The first-order valence-electron chi connectivity index (χ1n) is 4.13. The molecule has 0 spiro atoms. The summed E-state index contributed by atoms with van der Waals surface area (Å²) in [4.78, 5) is 0. The Bertz CT molecular complexity index is 191. The molecule has 1 aliphatic carbocycles. The molecule has 0 aromatic heterocycles. The summed E-state index contributed by atoms with van der Waals surface area (Å²) in [5.74, 6) is 0. The summed E-state index contributed by atoms with van der Waals surface area (Å²) in [5.41, 5.74) is 1.19. The van der Waals surface area contributed by atoms with E-state index in [0.717, 1.165) is 6.42 Å². The van der Waals surface area contributed by atoms with Crippen LogP contribution in [0.5, 0.6) is 0 Å². The van der Waals surface area contributed by atoms with E-state index in [2.05, 4.69) is 39.0 Å². The molecule has 1 unspecified atom stereocenters. The smallest absolute Gasteiger partial charge is 1.00 e. The Hall–Kier alpha value is 0.734. The van der Waals surface area contributed by atoms with Crippen molar-refractivity contribution >= 4 is 0 Å². The molecular formula is C10H15Cl2OTi. The molecule has 0 aliphatic heterocycles. The number of hydrogen-bond donors (Lipinski definition) is 0. The van der Waals surface area contributed by atoms with Crippen LogP contribution in [0, 0.1) is 6.08 Å². The second-order valence-electron chi connectivity index (χ2n) is 3.07. The summed E-state index contributed by atoms with van der Waals surface area (Å²) in [7, 11) is 0. The number of rotatable bonds is 3. The first-order chi connectivity index (χ1) is 5.20. The third-order valence-electron chi connectivity index (χ3n) is 1.64. The molecule has 0 saturated heterocycles. The fourth-order valence-electron chi connectivity index (χ4n) is 1.18. The summed E-state index contributed by atoms with van der Waals surface area (Å²) >= 11 is 0. The quantitative estimate of drug-likeness (QED) is 0.382. The normalized spacial score (nSPS) is 15.0. The Kier molecular flexibility index (Phi) is 14.8. The third kappa shape index (κ3) is 7.08. The average Bonchev–Trinajstić information content (AvgIpc) is 2.35. The molecule has 1 radical (unpaired) electrons. The largest absolute Gasteiger partial charge is 3.00 e. The third-order valence-corrected chi connectivity index (χ3v) is 1.64. The van der Waals surface area contributed by atoms with E-state index in [1.807, 2.05) is 0 Å². The van der Waals surface area contributed by atoms with Crippen molar-refractivity contribution in [3.8, 4) is 0 Å². The first kappa shape index (κ1) is 20.2. The van der Waals surface area contributed by atoms with Gasteiger partial charge in [0, 0.05) is 6.10 Å². The maximum atomic E-state index is 5.58. The van der Waals surface area contributed by atoms with Crippen LogP contribution in [-0.4, -0.2) is 12.2 Å². The van der Waals surface area contributed by atoms with Gasteiger partial charge in [0.1, 0.15) is 0 Å². The molecule has 0 amide bonds. The van der Waals surface area contributed by atoms with E-state index in [-0.39, 0.29) is 52.6 Å². The van der Waals surface area contributed by atoms with Gasteiger partial charge in [0.05, 0.1) is 6.10 Å². The van der Waals surface area contributed by atoms with Crippen LogP contribution < -0.4 is 24.8 Å². The zero-order chi connectivity index (χ0) is 8.27. The number of allylic oxidation sites excluding steroid dienone is 2. The standard InChI is InChI=1S/C10H15O.2ClH.Ti/c1-8(2)11-9(3)10-6-4-5-7-10;;;/h4,6,8-9H,5H2,1-3H3;2*1H;/q-1;;;+3/p-2. The fraction of sp³-hybridized carbons (Fsp3) is 0.600. The average molecular weight is 270 g/mol. The van der Waals surface area contributed by atoms with E-state index in [4.69, 9.17) is 4.74 Å². The van der Waals surface area contributed by atoms with Crippen LogP contribution in [0.25, 0.3) is 0 Å². The molecule has 0 saturated carbocycles. The predicted molar refractivity (Wildman–Crippen MR) is 46.2 cm³/mol. The van der Waals surface area contributed by atoms with Crippen LogP contribution in [0.15, 0.2) is 17.7 Å². The van der Waals surface area contributed by atoms with Crippen molar-refractivity contribution < 1.29 is 51.3 Å². The molecule has 0 fully saturated rings. The van der Waals surface area contributed by atoms with Crippen LogP contribution in [0.2, 0.25) is 0 Å². The van der Waals surface area contributed by atoms with Crippen LogP contribution in [0.3, 0.4) is 0 Å². The minimum Gasteiger partial charge on any atom is -1.00 e. The molecule has 1 atom stereocenters. The molecule has 0 N–H and O–H groups in total. The molecule has 4 heteroatoms. The van der Waals surface area contributed by atoms with Crippen LogP contribution in [0.1, 0.15) is 27.2 Å². The van der Waals surface area contributed by atoms with Crippen molar-refractivity contribution in [1.82, 2.24) is 0 Å². The van der Waals surface area contributed by atoms with Crippen LogP contribution in [0.4, 0.5) is 0 Å². The molecular weight excluding hydrogens is 255 g/mol. The zero-order valence-corrected chi connectivity index (χ0v) is 11.8. The van der Waals surface area contributed by atoms with Crippen molar-refractivity contribution in [2.45, 2.75) is 39.4 Å². The van der Waals surface area contributed by atoms with E-state index in [0.29, 0.717) is 6.10 Å². The van der Waals surface area contributed by atoms with Gasteiger partial charge in [-0.15, -0.1) is 6.42 Å². The van der Waals surface area contributed by atoms with Crippen molar-refractivity contribution in [3.05, 3.63) is 23.8 Å². The molecule has 0 aromatic rings. The topological polar surface area (TPSA) is 9.23 Å². The first-order valence-corrected chi connectivity index (χ1v) is 4.13. The van der Waals surface area contributed by atoms with Gasteiger partial charge in [-0.3, -0.25) is 6.08 Å². The maximum absolute atomic E-state index is 5.58. The monoisotopic (exact) mass is 269 g/mol. The Morgan fingerprint density at radius 2 is 1.86 bits per heavy atom.